The number of hydrogen-bond donors (Lipinski definition) is 1. The largest absolute Gasteiger partial charge is 0.311 e. The number of rotatable bonds is 3. The Balaban J connectivity index is 1.58. The third-order valence-electron chi connectivity index (χ3n) is 3.51. The molecule has 0 radical (unpaired) electrons. The van der Waals surface area contributed by atoms with Crippen LogP contribution in [0.5, 0.6) is 0 Å². The summed E-state index contributed by atoms with van der Waals surface area (Å²) in [5, 5.41) is 3.62. The second-order valence-electron chi connectivity index (χ2n) is 4.83. The maximum atomic E-state index is 4.29. The van der Waals surface area contributed by atoms with Gasteiger partial charge in [-0.1, -0.05) is 0 Å². The van der Waals surface area contributed by atoms with Crippen LogP contribution in [-0.2, 0) is 6.54 Å². The minimum Gasteiger partial charge on any atom is -0.311 e. The first-order chi connectivity index (χ1) is 7.92. The molecule has 1 saturated carbocycles. The van der Waals surface area contributed by atoms with Gasteiger partial charge in [-0.15, -0.1) is 0 Å². The van der Waals surface area contributed by atoms with Crippen LogP contribution in [0, 0.1) is 5.92 Å². The van der Waals surface area contributed by atoms with E-state index in [4.69, 9.17) is 0 Å². The van der Waals surface area contributed by atoms with E-state index in [2.05, 4.69) is 20.2 Å². The Morgan fingerprint density at radius 1 is 1.44 bits per heavy atom. The molecule has 2 heterocycles. The zero-order valence-electron chi connectivity index (χ0n) is 9.47. The fraction of sp³-hybridized carbons (Fsp3) is 0.667. The molecule has 0 aromatic carbocycles. The van der Waals surface area contributed by atoms with Crippen molar-refractivity contribution in [2.75, 3.05) is 19.6 Å². The number of aromatic nitrogens is 2. The number of nitrogens with zero attached hydrogens (tertiary/aromatic N) is 3. The van der Waals surface area contributed by atoms with Gasteiger partial charge >= 0.3 is 0 Å². The SMILES string of the molecule is c1cc(CN2CCNC(C3CC3)C2)ncn1. The Hall–Kier alpha value is -1.00. The number of hydrogen-bond acceptors (Lipinski definition) is 4. The number of piperazine rings is 1. The standard InChI is InChI=1S/C12H18N4/c1-2-10(1)12-8-16(6-5-14-12)7-11-3-4-13-9-15-11/h3-4,9-10,12,14H,1-2,5-8H2. The zero-order valence-corrected chi connectivity index (χ0v) is 9.47. The monoisotopic (exact) mass is 218 g/mol. The van der Waals surface area contributed by atoms with E-state index in [0.29, 0.717) is 0 Å². The summed E-state index contributed by atoms with van der Waals surface area (Å²) in [5.41, 5.74) is 1.13. The fourth-order valence-electron chi connectivity index (χ4n) is 2.44. The Morgan fingerprint density at radius 2 is 2.38 bits per heavy atom. The summed E-state index contributed by atoms with van der Waals surface area (Å²) in [4.78, 5) is 10.7. The molecule has 0 bridgehead atoms. The highest BCUT2D eigenvalue weighted by atomic mass is 15.2. The third-order valence-corrected chi connectivity index (χ3v) is 3.51. The molecule has 1 N–H and O–H groups in total. The van der Waals surface area contributed by atoms with Gasteiger partial charge in [0.2, 0.25) is 0 Å². The van der Waals surface area contributed by atoms with Crippen LogP contribution < -0.4 is 5.32 Å². The third kappa shape index (κ3) is 2.39. The molecule has 1 aromatic heterocycles. The molecule has 16 heavy (non-hydrogen) atoms. The van der Waals surface area contributed by atoms with E-state index in [9.17, 15) is 0 Å². The molecule has 0 amide bonds. The Morgan fingerprint density at radius 3 is 3.12 bits per heavy atom. The van der Waals surface area contributed by atoms with Crippen molar-refractivity contribution < 1.29 is 0 Å². The minimum absolute atomic E-state index is 0.718. The van der Waals surface area contributed by atoms with Crippen LogP contribution in [0.25, 0.3) is 0 Å². The first-order valence-electron chi connectivity index (χ1n) is 6.12. The lowest BCUT2D eigenvalue weighted by molar-refractivity contribution is 0.180. The Kier molecular flexibility index (Phi) is 2.84. The van der Waals surface area contributed by atoms with E-state index in [1.165, 1.54) is 19.4 Å². The van der Waals surface area contributed by atoms with Crippen LogP contribution in [0.4, 0.5) is 0 Å². The maximum absolute atomic E-state index is 4.29. The van der Waals surface area contributed by atoms with Crippen LogP contribution in [0.1, 0.15) is 18.5 Å². The Bertz CT molecular complexity index is 336. The average molecular weight is 218 g/mol. The highest BCUT2D eigenvalue weighted by molar-refractivity contribution is 4.99. The lowest BCUT2D eigenvalue weighted by atomic mass is 10.1. The molecule has 2 fully saturated rings. The van der Waals surface area contributed by atoms with Gasteiger partial charge in [0.1, 0.15) is 6.33 Å². The molecule has 1 aliphatic carbocycles. The van der Waals surface area contributed by atoms with Gasteiger partial charge in [0.05, 0.1) is 5.69 Å². The predicted molar refractivity (Wildman–Crippen MR) is 61.8 cm³/mol. The predicted octanol–water partition coefficient (Wildman–Crippen LogP) is 0.660. The van der Waals surface area contributed by atoms with Gasteiger partial charge in [-0.2, -0.15) is 0 Å². The van der Waals surface area contributed by atoms with Gasteiger partial charge in [0.25, 0.3) is 0 Å². The van der Waals surface area contributed by atoms with E-state index in [0.717, 1.165) is 37.3 Å². The summed E-state index contributed by atoms with van der Waals surface area (Å²) in [6, 6.07) is 2.73. The van der Waals surface area contributed by atoms with Crippen molar-refractivity contribution in [3.05, 3.63) is 24.3 Å². The molecular weight excluding hydrogens is 200 g/mol. The van der Waals surface area contributed by atoms with Crippen molar-refractivity contribution >= 4 is 0 Å². The second kappa shape index (κ2) is 4.47. The van der Waals surface area contributed by atoms with Gasteiger partial charge < -0.3 is 5.32 Å². The molecule has 2 aliphatic rings. The molecule has 0 spiro atoms. The van der Waals surface area contributed by atoms with Crippen molar-refractivity contribution in [1.82, 2.24) is 20.2 Å². The van der Waals surface area contributed by atoms with E-state index in [1.54, 1.807) is 6.33 Å². The van der Waals surface area contributed by atoms with E-state index in [1.807, 2.05) is 12.3 Å². The topological polar surface area (TPSA) is 41.0 Å². The van der Waals surface area contributed by atoms with Crippen molar-refractivity contribution in [2.24, 2.45) is 5.92 Å². The fourth-order valence-corrected chi connectivity index (χ4v) is 2.44. The highest BCUT2D eigenvalue weighted by Crippen LogP contribution is 2.33. The summed E-state index contributed by atoms with van der Waals surface area (Å²) >= 11 is 0. The molecular formula is C12H18N4. The molecule has 1 aliphatic heterocycles. The Labute approximate surface area is 96.1 Å². The molecule has 1 saturated heterocycles. The van der Waals surface area contributed by atoms with Gasteiger partial charge in [-0.3, -0.25) is 4.90 Å². The molecule has 1 unspecified atom stereocenters. The van der Waals surface area contributed by atoms with Crippen molar-refractivity contribution in [3.63, 3.8) is 0 Å². The van der Waals surface area contributed by atoms with E-state index < -0.39 is 0 Å². The molecule has 1 atom stereocenters. The summed E-state index contributed by atoms with van der Waals surface area (Å²) in [7, 11) is 0. The van der Waals surface area contributed by atoms with E-state index >= 15 is 0 Å². The smallest absolute Gasteiger partial charge is 0.115 e. The number of nitrogens with one attached hydrogen (secondary N) is 1. The molecule has 3 rings (SSSR count). The van der Waals surface area contributed by atoms with Crippen LogP contribution in [-0.4, -0.2) is 40.5 Å². The average Bonchev–Trinajstić information content (AvgIpc) is 3.15. The summed E-state index contributed by atoms with van der Waals surface area (Å²) in [5.74, 6) is 0.938. The van der Waals surface area contributed by atoms with Crippen molar-refractivity contribution in [3.8, 4) is 0 Å². The lowest BCUT2D eigenvalue weighted by Crippen LogP contribution is -2.51. The van der Waals surface area contributed by atoms with E-state index in [-0.39, 0.29) is 0 Å². The van der Waals surface area contributed by atoms with Crippen LogP contribution >= 0.6 is 0 Å². The molecule has 4 heteroatoms. The summed E-state index contributed by atoms with van der Waals surface area (Å²) < 4.78 is 0. The first kappa shape index (κ1) is 10.2. The molecule has 1 aromatic rings. The molecule has 4 nitrogen and oxygen atoms in total. The van der Waals surface area contributed by atoms with Gasteiger partial charge in [-0.05, 0) is 24.8 Å². The van der Waals surface area contributed by atoms with Crippen LogP contribution in [0.2, 0.25) is 0 Å². The summed E-state index contributed by atoms with van der Waals surface area (Å²) in [6.07, 6.45) is 6.29. The molecule has 86 valence electrons. The van der Waals surface area contributed by atoms with Crippen molar-refractivity contribution in [1.29, 1.82) is 0 Å². The quantitative estimate of drug-likeness (QED) is 0.809. The zero-order chi connectivity index (χ0) is 10.8. The lowest BCUT2D eigenvalue weighted by Gasteiger charge is -2.33. The van der Waals surface area contributed by atoms with Crippen molar-refractivity contribution in [2.45, 2.75) is 25.4 Å². The normalized spacial score (nSPS) is 26.9. The maximum Gasteiger partial charge on any atom is 0.115 e. The highest BCUT2D eigenvalue weighted by Gasteiger charge is 2.33. The van der Waals surface area contributed by atoms with Gasteiger partial charge in [0, 0.05) is 38.4 Å². The second-order valence-corrected chi connectivity index (χ2v) is 4.83. The van der Waals surface area contributed by atoms with Crippen LogP contribution in [0.3, 0.4) is 0 Å². The first-order valence-corrected chi connectivity index (χ1v) is 6.12. The van der Waals surface area contributed by atoms with Gasteiger partial charge in [-0.25, -0.2) is 9.97 Å². The minimum atomic E-state index is 0.718. The van der Waals surface area contributed by atoms with Gasteiger partial charge in [0.15, 0.2) is 0 Å². The van der Waals surface area contributed by atoms with Crippen LogP contribution in [0.15, 0.2) is 18.6 Å². The summed E-state index contributed by atoms with van der Waals surface area (Å²) in [6.45, 7) is 4.39.